The molecule has 7 nitrogen and oxygen atoms in total. The van der Waals surface area contributed by atoms with E-state index in [4.69, 9.17) is 0 Å². The number of benzene rings is 1. The summed E-state index contributed by atoms with van der Waals surface area (Å²) in [5, 5.41) is 11.4. The molecule has 0 N–H and O–H groups in total. The molecule has 1 heterocycles. The van der Waals surface area contributed by atoms with E-state index in [0.29, 0.717) is 15.9 Å². The van der Waals surface area contributed by atoms with Crippen molar-refractivity contribution in [2.75, 3.05) is 7.05 Å². The van der Waals surface area contributed by atoms with E-state index >= 15 is 0 Å². The fourth-order valence-electron chi connectivity index (χ4n) is 1.69. The SMILES string of the molecule is Cc1ccc(Br)cc1S(=O)(=O)N(C)Cc1nnn(C)n1. The Hall–Kier alpha value is -1.32. The lowest BCUT2D eigenvalue weighted by Crippen LogP contribution is -2.27. The van der Waals surface area contributed by atoms with Crippen LogP contribution in [0.1, 0.15) is 11.4 Å². The number of halogens is 1. The van der Waals surface area contributed by atoms with Gasteiger partial charge in [0.05, 0.1) is 18.5 Å². The number of nitrogens with zero attached hydrogens (tertiary/aromatic N) is 5. The van der Waals surface area contributed by atoms with E-state index in [9.17, 15) is 8.42 Å². The summed E-state index contributed by atoms with van der Waals surface area (Å²) in [5.74, 6) is 0.353. The van der Waals surface area contributed by atoms with Gasteiger partial charge in [-0.25, -0.2) is 8.42 Å². The normalized spacial score (nSPS) is 12.1. The Labute approximate surface area is 125 Å². The van der Waals surface area contributed by atoms with Crippen LogP contribution in [0, 0.1) is 6.92 Å². The maximum Gasteiger partial charge on any atom is 0.243 e. The van der Waals surface area contributed by atoms with Crippen LogP contribution >= 0.6 is 15.9 Å². The number of aryl methyl sites for hydroxylation is 2. The summed E-state index contributed by atoms with van der Waals surface area (Å²) in [6.07, 6.45) is 0. The first kappa shape index (κ1) is 15.1. The second-order valence-corrected chi connectivity index (χ2v) is 7.29. The predicted molar refractivity (Wildman–Crippen MR) is 76.3 cm³/mol. The zero-order chi connectivity index (χ0) is 14.9. The van der Waals surface area contributed by atoms with E-state index in [0.717, 1.165) is 0 Å². The highest BCUT2D eigenvalue weighted by Crippen LogP contribution is 2.23. The molecule has 0 unspecified atom stereocenters. The van der Waals surface area contributed by atoms with Gasteiger partial charge in [-0.1, -0.05) is 22.0 Å². The van der Waals surface area contributed by atoms with Gasteiger partial charge in [0.15, 0.2) is 5.82 Å². The van der Waals surface area contributed by atoms with Crippen molar-refractivity contribution >= 4 is 26.0 Å². The van der Waals surface area contributed by atoms with Crippen molar-refractivity contribution in [2.45, 2.75) is 18.4 Å². The number of rotatable bonds is 4. The first-order valence-corrected chi connectivity index (χ1v) is 7.99. The lowest BCUT2D eigenvalue weighted by Gasteiger charge is -2.17. The average molecular weight is 360 g/mol. The first-order chi connectivity index (χ1) is 9.30. The molecular weight excluding hydrogens is 346 g/mol. The highest BCUT2D eigenvalue weighted by Gasteiger charge is 2.24. The molecule has 0 fully saturated rings. The molecule has 20 heavy (non-hydrogen) atoms. The van der Waals surface area contributed by atoms with Gasteiger partial charge in [-0.3, -0.25) is 0 Å². The zero-order valence-corrected chi connectivity index (χ0v) is 13.7. The summed E-state index contributed by atoms with van der Waals surface area (Å²) in [5.41, 5.74) is 0.687. The third kappa shape index (κ3) is 3.05. The van der Waals surface area contributed by atoms with Crippen LogP contribution in [0.25, 0.3) is 0 Å². The smallest absolute Gasteiger partial charge is 0.207 e. The number of aromatic nitrogens is 4. The lowest BCUT2D eigenvalue weighted by atomic mass is 10.2. The van der Waals surface area contributed by atoms with Gasteiger partial charge >= 0.3 is 0 Å². The summed E-state index contributed by atoms with van der Waals surface area (Å²) in [6.45, 7) is 1.83. The summed E-state index contributed by atoms with van der Waals surface area (Å²) in [6, 6.07) is 5.15. The Bertz CT molecular complexity index is 728. The Morgan fingerprint density at radius 3 is 2.70 bits per heavy atom. The van der Waals surface area contributed by atoms with Crippen molar-refractivity contribution in [1.82, 2.24) is 24.5 Å². The molecule has 0 bridgehead atoms. The molecule has 1 aromatic carbocycles. The number of tetrazole rings is 1. The van der Waals surface area contributed by atoms with E-state index in [1.807, 2.05) is 0 Å². The monoisotopic (exact) mass is 359 g/mol. The fourth-order valence-corrected chi connectivity index (χ4v) is 3.58. The molecule has 0 aliphatic heterocycles. The standard InChI is InChI=1S/C11H14BrN5O2S/c1-8-4-5-9(12)6-10(8)20(18,19)16(2)7-11-13-15-17(3)14-11/h4-6H,7H2,1-3H3. The van der Waals surface area contributed by atoms with Crippen LogP contribution in [0.5, 0.6) is 0 Å². The predicted octanol–water partition coefficient (Wildman–Crippen LogP) is 1.10. The van der Waals surface area contributed by atoms with Crippen molar-refractivity contribution in [1.29, 1.82) is 0 Å². The largest absolute Gasteiger partial charge is 0.243 e. The molecule has 0 radical (unpaired) electrons. The van der Waals surface area contributed by atoms with E-state index < -0.39 is 10.0 Å². The second-order valence-electron chi connectivity index (χ2n) is 4.37. The molecule has 0 amide bonds. The molecule has 0 aliphatic carbocycles. The molecule has 1 aromatic heterocycles. The maximum atomic E-state index is 12.5. The van der Waals surface area contributed by atoms with Crippen LogP contribution in [-0.4, -0.2) is 40.0 Å². The third-order valence-electron chi connectivity index (χ3n) is 2.75. The van der Waals surface area contributed by atoms with Crippen molar-refractivity contribution in [3.05, 3.63) is 34.1 Å². The summed E-state index contributed by atoms with van der Waals surface area (Å²) < 4.78 is 27.0. The van der Waals surface area contributed by atoms with Crippen molar-refractivity contribution in [3.8, 4) is 0 Å². The Balaban J connectivity index is 2.32. The van der Waals surface area contributed by atoms with Gasteiger partial charge < -0.3 is 0 Å². The molecule has 108 valence electrons. The third-order valence-corrected chi connectivity index (χ3v) is 5.19. The number of sulfonamides is 1. The van der Waals surface area contributed by atoms with Crippen molar-refractivity contribution in [2.24, 2.45) is 7.05 Å². The van der Waals surface area contributed by atoms with Crippen molar-refractivity contribution in [3.63, 3.8) is 0 Å². The van der Waals surface area contributed by atoms with Gasteiger partial charge in [-0.05, 0) is 29.8 Å². The van der Waals surface area contributed by atoms with E-state index in [1.165, 1.54) is 16.1 Å². The van der Waals surface area contributed by atoms with Gasteiger partial charge in [-0.2, -0.15) is 9.10 Å². The highest BCUT2D eigenvalue weighted by atomic mass is 79.9. The van der Waals surface area contributed by atoms with E-state index in [1.54, 1.807) is 32.2 Å². The molecular formula is C11H14BrN5O2S. The molecule has 0 saturated carbocycles. The van der Waals surface area contributed by atoms with Crippen LogP contribution in [0.2, 0.25) is 0 Å². The summed E-state index contributed by atoms with van der Waals surface area (Å²) in [4.78, 5) is 1.55. The van der Waals surface area contributed by atoms with Gasteiger partial charge in [0.25, 0.3) is 0 Å². The van der Waals surface area contributed by atoms with Gasteiger partial charge in [0, 0.05) is 11.5 Å². The Kier molecular flexibility index (Phi) is 4.21. The zero-order valence-electron chi connectivity index (χ0n) is 11.3. The fraction of sp³-hybridized carbons (Fsp3) is 0.364. The average Bonchev–Trinajstić information content (AvgIpc) is 2.77. The van der Waals surface area contributed by atoms with Crippen LogP contribution in [0.15, 0.2) is 27.6 Å². The molecule has 2 aromatic rings. The quantitative estimate of drug-likeness (QED) is 0.816. The highest BCUT2D eigenvalue weighted by molar-refractivity contribution is 9.10. The van der Waals surface area contributed by atoms with Gasteiger partial charge in [0.1, 0.15) is 0 Å². The first-order valence-electron chi connectivity index (χ1n) is 5.76. The van der Waals surface area contributed by atoms with Crippen LogP contribution in [0.3, 0.4) is 0 Å². The Morgan fingerprint density at radius 1 is 1.40 bits per heavy atom. The summed E-state index contributed by atoms with van der Waals surface area (Å²) >= 11 is 3.29. The van der Waals surface area contributed by atoms with Crippen LogP contribution in [0.4, 0.5) is 0 Å². The minimum Gasteiger partial charge on any atom is -0.207 e. The number of hydrogen-bond acceptors (Lipinski definition) is 5. The molecule has 0 spiro atoms. The van der Waals surface area contributed by atoms with E-state index in [2.05, 4.69) is 31.3 Å². The van der Waals surface area contributed by atoms with Gasteiger partial charge in [-0.15, -0.1) is 10.2 Å². The minimum atomic E-state index is -3.59. The van der Waals surface area contributed by atoms with Crippen LogP contribution in [-0.2, 0) is 23.6 Å². The van der Waals surface area contributed by atoms with E-state index in [-0.39, 0.29) is 11.4 Å². The second kappa shape index (κ2) is 5.58. The molecule has 0 saturated heterocycles. The van der Waals surface area contributed by atoms with Crippen LogP contribution < -0.4 is 0 Å². The molecule has 9 heteroatoms. The molecule has 0 aliphatic rings. The topological polar surface area (TPSA) is 81.0 Å². The molecule has 0 atom stereocenters. The molecule has 2 rings (SSSR count). The van der Waals surface area contributed by atoms with Crippen molar-refractivity contribution < 1.29 is 8.42 Å². The number of hydrogen-bond donors (Lipinski definition) is 0. The minimum absolute atomic E-state index is 0.0716. The maximum absolute atomic E-state index is 12.5. The van der Waals surface area contributed by atoms with Gasteiger partial charge in [0.2, 0.25) is 10.0 Å². The Morgan fingerprint density at radius 2 is 2.10 bits per heavy atom. The summed E-state index contributed by atoms with van der Waals surface area (Å²) in [7, 11) is -0.474. The lowest BCUT2D eigenvalue weighted by molar-refractivity contribution is 0.455.